The molecule has 3 atom stereocenters. The second kappa shape index (κ2) is 6.64. The monoisotopic (exact) mass is 286 g/mol. The maximum Gasteiger partial charge on any atom is 0.150 e. The van der Waals surface area contributed by atoms with Crippen LogP contribution in [0.25, 0.3) is 0 Å². The summed E-state index contributed by atoms with van der Waals surface area (Å²) in [7, 11) is 0. The molecule has 2 aliphatic rings. The molecular weight excluding hydrogens is 260 g/mol. The van der Waals surface area contributed by atoms with Crippen molar-refractivity contribution in [2.24, 2.45) is 11.8 Å². The van der Waals surface area contributed by atoms with Crippen molar-refractivity contribution >= 4 is 6.29 Å². The number of hydrogen-bond donors (Lipinski definition) is 0. The molecule has 0 radical (unpaired) electrons. The first-order valence-corrected chi connectivity index (χ1v) is 8.49. The van der Waals surface area contributed by atoms with Crippen LogP contribution >= 0.6 is 0 Å². The van der Waals surface area contributed by atoms with Gasteiger partial charge < -0.3 is 4.74 Å². The van der Waals surface area contributed by atoms with Crippen LogP contribution in [0.3, 0.4) is 0 Å². The van der Waals surface area contributed by atoms with Gasteiger partial charge in [0.25, 0.3) is 0 Å². The maximum absolute atomic E-state index is 11.1. The molecule has 0 spiro atoms. The Balaban J connectivity index is 1.77. The third kappa shape index (κ3) is 3.30. The Morgan fingerprint density at radius 2 is 1.86 bits per heavy atom. The Kier molecular flexibility index (Phi) is 4.62. The van der Waals surface area contributed by atoms with E-state index in [1.165, 1.54) is 51.4 Å². The van der Waals surface area contributed by atoms with E-state index in [0.29, 0.717) is 12.0 Å². The lowest BCUT2D eigenvalue weighted by molar-refractivity contribution is 0.102. The van der Waals surface area contributed by atoms with Gasteiger partial charge in [0.15, 0.2) is 0 Å². The van der Waals surface area contributed by atoms with Crippen LogP contribution in [0.2, 0.25) is 0 Å². The van der Waals surface area contributed by atoms with Crippen LogP contribution < -0.4 is 4.74 Å². The second-order valence-electron chi connectivity index (χ2n) is 6.81. The number of benzene rings is 1. The molecule has 0 N–H and O–H groups in total. The van der Waals surface area contributed by atoms with E-state index in [1.807, 2.05) is 25.1 Å². The van der Waals surface area contributed by atoms with Crippen LogP contribution in [0.1, 0.15) is 67.3 Å². The van der Waals surface area contributed by atoms with Crippen molar-refractivity contribution in [2.45, 2.75) is 64.4 Å². The van der Waals surface area contributed by atoms with Gasteiger partial charge in [-0.1, -0.05) is 37.8 Å². The number of fused-ring (bicyclic) bond motifs is 3. The van der Waals surface area contributed by atoms with Crippen LogP contribution in [0.15, 0.2) is 18.2 Å². The summed E-state index contributed by atoms with van der Waals surface area (Å²) in [5, 5.41) is 0. The largest absolute Gasteiger partial charge is 0.490 e. The fourth-order valence-corrected chi connectivity index (χ4v) is 4.12. The topological polar surface area (TPSA) is 26.3 Å². The average molecular weight is 286 g/mol. The lowest BCUT2D eigenvalue weighted by Crippen LogP contribution is -2.28. The van der Waals surface area contributed by atoms with Gasteiger partial charge in [-0.15, -0.1) is 0 Å². The SMILES string of the molecule is Cc1c(C=O)cccc1OC1CCCC2CCCC1CC2. The van der Waals surface area contributed by atoms with Crippen LogP contribution in [0, 0.1) is 18.8 Å². The highest BCUT2D eigenvalue weighted by molar-refractivity contribution is 5.78. The number of ether oxygens (including phenoxy) is 1. The predicted octanol–water partition coefficient (Wildman–Crippen LogP) is 4.94. The zero-order chi connectivity index (χ0) is 14.7. The Morgan fingerprint density at radius 3 is 2.67 bits per heavy atom. The molecule has 2 bridgehead atoms. The van der Waals surface area contributed by atoms with Crippen LogP contribution in [0.5, 0.6) is 5.75 Å². The van der Waals surface area contributed by atoms with Crippen molar-refractivity contribution < 1.29 is 9.53 Å². The lowest BCUT2D eigenvalue weighted by atomic mass is 9.85. The molecule has 3 rings (SSSR count). The molecule has 0 saturated heterocycles. The summed E-state index contributed by atoms with van der Waals surface area (Å²) in [6.07, 6.45) is 11.9. The first-order chi connectivity index (χ1) is 10.3. The van der Waals surface area contributed by atoms with Crippen molar-refractivity contribution in [2.75, 3.05) is 0 Å². The fourth-order valence-electron chi connectivity index (χ4n) is 4.12. The van der Waals surface area contributed by atoms with Crippen LogP contribution in [-0.2, 0) is 0 Å². The lowest BCUT2D eigenvalue weighted by Gasteiger charge is -2.30. The molecule has 21 heavy (non-hydrogen) atoms. The van der Waals surface area contributed by atoms with Crippen molar-refractivity contribution in [3.8, 4) is 5.75 Å². The van der Waals surface area contributed by atoms with E-state index in [9.17, 15) is 4.79 Å². The number of carbonyl (C=O) groups excluding carboxylic acids is 1. The molecule has 0 aliphatic heterocycles. The van der Waals surface area contributed by atoms with Gasteiger partial charge in [-0.25, -0.2) is 0 Å². The van der Waals surface area contributed by atoms with E-state index in [2.05, 4.69) is 0 Å². The summed E-state index contributed by atoms with van der Waals surface area (Å²) in [4.78, 5) is 11.1. The van der Waals surface area contributed by atoms with E-state index in [0.717, 1.165) is 29.1 Å². The standard InChI is InChI=1S/C19H26O2/c1-14-17(13-20)8-4-9-18(14)21-19-10-3-6-15-5-2-7-16(19)12-11-15/h4,8-9,13,15-16,19H,2-3,5-7,10-12H2,1H3. The van der Waals surface area contributed by atoms with Crippen LogP contribution in [0.4, 0.5) is 0 Å². The van der Waals surface area contributed by atoms with Gasteiger partial charge in [-0.2, -0.15) is 0 Å². The summed E-state index contributed by atoms with van der Waals surface area (Å²) >= 11 is 0. The molecule has 0 aromatic heterocycles. The first kappa shape index (κ1) is 14.6. The third-order valence-corrected chi connectivity index (χ3v) is 5.49. The molecule has 3 unspecified atom stereocenters. The maximum atomic E-state index is 11.1. The smallest absolute Gasteiger partial charge is 0.150 e. The van der Waals surface area contributed by atoms with Gasteiger partial charge in [0.05, 0.1) is 0 Å². The van der Waals surface area contributed by atoms with Gasteiger partial charge in [0, 0.05) is 11.1 Å². The summed E-state index contributed by atoms with van der Waals surface area (Å²) in [6, 6.07) is 5.81. The Hall–Kier alpha value is -1.31. The molecule has 2 nitrogen and oxygen atoms in total. The quantitative estimate of drug-likeness (QED) is 0.736. The van der Waals surface area contributed by atoms with Gasteiger partial charge in [0.1, 0.15) is 18.1 Å². The van der Waals surface area contributed by atoms with Crippen molar-refractivity contribution in [1.29, 1.82) is 0 Å². The number of rotatable bonds is 3. The molecule has 2 aliphatic carbocycles. The molecule has 1 aromatic carbocycles. The molecule has 2 heteroatoms. The van der Waals surface area contributed by atoms with Crippen LogP contribution in [-0.4, -0.2) is 12.4 Å². The molecule has 1 aromatic rings. The highest BCUT2D eigenvalue weighted by Gasteiger charge is 2.29. The van der Waals surface area contributed by atoms with E-state index in [4.69, 9.17) is 4.74 Å². The average Bonchev–Trinajstić information content (AvgIpc) is 2.67. The van der Waals surface area contributed by atoms with Crippen molar-refractivity contribution in [3.05, 3.63) is 29.3 Å². The molecular formula is C19H26O2. The molecule has 2 fully saturated rings. The van der Waals surface area contributed by atoms with Crippen molar-refractivity contribution in [3.63, 3.8) is 0 Å². The Labute approximate surface area is 127 Å². The predicted molar refractivity (Wildman–Crippen MR) is 84.9 cm³/mol. The summed E-state index contributed by atoms with van der Waals surface area (Å²) < 4.78 is 6.39. The molecule has 2 saturated carbocycles. The minimum absolute atomic E-state index is 0.338. The highest BCUT2D eigenvalue weighted by Crippen LogP contribution is 2.38. The van der Waals surface area contributed by atoms with Gasteiger partial charge >= 0.3 is 0 Å². The number of aldehydes is 1. The summed E-state index contributed by atoms with van der Waals surface area (Å²) in [6.45, 7) is 1.99. The highest BCUT2D eigenvalue weighted by atomic mass is 16.5. The number of carbonyl (C=O) groups is 1. The zero-order valence-electron chi connectivity index (χ0n) is 13.0. The minimum atomic E-state index is 0.338. The van der Waals surface area contributed by atoms with E-state index < -0.39 is 0 Å². The fraction of sp³-hybridized carbons (Fsp3) is 0.632. The van der Waals surface area contributed by atoms with Gasteiger partial charge in [0.2, 0.25) is 0 Å². The number of hydrogen-bond acceptors (Lipinski definition) is 2. The minimum Gasteiger partial charge on any atom is -0.490 e. The van der Waals surface area contributed by atoms with Gasteiger partial charge in [-0.05, 0) is 50.5 Å². The Bertz CT molecular complexity index is 494. The van der Waals surface area contributed by atoms with Gasteiger partial charge in [-0.3, -0.25) is 4.79 Å². The first-order valence-electron chi connectivity index (χ1n) is 8.49. The second-order valence-corrected chi connectivity index (χ2v) is 6.81. The normalized spacial score (nSPS) is 29.3. The van der Waals surface area contributed by atoms with E-state index >= 15 is 0 Å². The van der Waals surface area contributed by atoms with Crippen molar-refractivity contribution in [1.82, 2.24) is 0 Å². The zero-order valence-corrected chi connectivity index (χ0v) is 13.0. The third-order valence-electron chi connectivity index (χ3n) is 5.49. The molecule has 114 valence electrons. The van der Waals surface area contributed by atoms with E-state index in [1.54, 1.807) is 0 Å². The summed E-state index contributed by atoms with van der Waals surface area (Å²) in [5.41, 5.74) is 1.74. The Morgan fingerprint density at radius 1 is 1.05 bits per heavy atom. The summed E-state index contributed by atoms with van der Waals surface area (Å²) in [5.74, 6) is 2.58. The molecule has 0 heterocycles. The van der Waals surface area contributed by atoms with E-state index in [-0.39, 0.29) is 0 Å². The molecule has 0 amide bonds.